The Hall–Kier alpha value is -3.47. The summed E-state index contributed by atoms with van der Waals surface area (Å²) in [6, 6.07) is 5.97. The molecular formula is C22H24F3N7O. The molecule has 174 valence electrons. The number of carbonyl (C=O) groups excluding carboxylic acids is 1. The van der Waals surface area contributed by atoms with Gasteiger partial charge in [-0.1, -0.05) is 0 Å². The molecule has 0 aliphatic carbocycles. The molecule has 8 nitrogen and oxygen atoms in total. The molecule has 0 bridgehead atoms. The molecule has 4 rings (SSSR count). The lowest BCUT2D eigenvalue weighted by Gasteiger charge is -2.33. The summed E-state index contributed by atoms with van der Waals surface area (Å²) in [4.78, 5) is 25.5. The molecular weight excluding hydrogens is 435 g/mol. The van der Waals surface area contributed by atoms with Crippen LogP contribution in [-0.2, 0) is 12.7 Å². The first kappa shape index (κ1) is 22.7. The highest BCUT2D eigenvalue weighted by atomic mass is 19.4. The molecule has 0 atom stereocenters. The summed E-state index contributed by atoms with van der Waals surface area (Å²) in [5, 5.41) is 7.00. The van der Waals surface area contributed by atoms with Gasteiger partial charge < -0.3 is 15.1 Å². The second-order valence-corrected chi connectivity index (χ2v) is 7.95. The van der Waals surface area contributed by atoms with Gasteiger partial charge in [0.2, 0.25) is 0 Å². The average molecular weight is 459 g/mol. The molecule has 11 heteroatoms. The van der Waals surface area contributed by atoms with Crippen LogP contribution in [0.4, 0.5) is 19.0 Å². The van der Waals surface area contributed by atoms with Gasteiger partial charge in [0, 0.05) is 45.1 Å². The standard InChI is InChI=1S/C22H24F3N7O/c1-15-18(14-29-32(15)19-4-3-17(13-27-19)22(23,24)25)21(33)28-12-16-5-6-26-20(11-16)31-9-7-30(2)8-10-31/h3-6,11,13-14H,7-10,12H2,1-2H3,(H,28,33). The number of carbonyl (C=O) groups is 1. The van der Waals surface area contributed by atoms with E-state index < -0.39 is 11.7 Å². The number of nitrogens with zero attached hydrogens (tertiary/aromatic N) is 6. The van der Waals surface area contributed by atoms with Crippen LogP contribution >= 0.6 is 0 Å². The van der Waals surface area contributed by atoms with E-state index in [0.717, 1.165) is 49.8 Å². The Kier molecular flexibility index (Phi) is 6.32. The van der Waals surface area contributed by atoms with E-state index in [2.05, 4.69) is 37.2 Å². The topological polar surface area (TPSA) is 79.2 Å². The Morgan fingerprint density at radius 1 is 1.06 bits per heavy atom. The summed E-state index contributed by atoms with van der Waals surface area (Å²) >= 11 is 0. The quantitative estimate of drug-likeness (QED) is 0.632. The Balaban J connectivity index is 1.42. The Morgan fingerprint density at radius 2 is 1.82 bits per heavy atom. The lowest BCUT2D eigenvalue weighted by molar-refractivity contribution is -0.137. The predicted molar refractivity (Wildman–Crippen MR) is 116 cm³/mol. The number of amides is 1. The molecule has 0 radical (unpaired) electrons. The number of anilines is 1. The second kappa shape index (κ2) is 9.18. The highest BCUT2D eigenvalue weighted by Crippen LogP contribution is 2.28. The van der Waals surface area contributed by atoms with Crippen LogP contribution in [0.1, 0.15) is 27.2 Å². The van der Waals surface area contributed by atoms with Crippen molar-refractivity contribution in [2.24, 2.45) is 0 Å². The number of likely N-dealkylation sites (N-methyl/N-ethyl adjacent to an activating group) is 1. The van der Waals surface area contributed by atoms with Crippen LogP contribution in [0.5, 0.6) is 0 Å². The van der Waals surface area contributed by atoms with Crippen molar-refractivity contribution in [2.75, 3.05) is 38.1 Å². The molecule has 4 heterocycles. The zero-order chi connectivity index (χ0) is 23.6. The first-order valence-corrected chi connectivity index (χ1v) is 10.5. The molecule has 1 aliphatic heterocycles. The van der Waals surface area contributed by atoms with Gasteiger partial charge in [0.15, 0.2) is 5.82 Å². The Labute approximate surface area is 189 Å². The van der Waals surface area contributed by atoms with E-state index in [1.165, 1.54) is 16.9 Å². The minimum atomic E-state index is -4.47. The van der Waals surface area contributed by atoms with Crippen molar-refractivity contribution >= 4 is 11.7 Å². The summed E-state index contributed by atoms with van der Waals surface area (Å²) in [6.45, 7) is 5.72. The molecule has 1 aliphatic rings. The average Bonchev–Trinajstić information content (AvgIpc) is 3.19. The van der Waals surface area contributed by atoms with Crippen LogP contribution < -0.4 is 10.2 Å². The van der Waals surface area contributed by atoms with Crippen LogP contribution in [0, 0.1) is 6.92 Å². The van der Waals surface area contributed by atoms with E-state index in [4.69, 9.17) is 0 Å². The first-order valence-electron chi connectivity index (χ1n) is 10.5. The number of nitrogens with one attached hydrogen (secondary N) is 1. The largest absolute Gasteiger partial charge is 0.417 e. The van der Waals surface area contributed by atoms with Gasteiger partial charge in [-0.3, -0.25) is 4.79 Å². The summed E-state index contributed by atoms with van der Waals surface area (Å²) in [5.74, 6) is 0.751. The molecule has 33 heavy (non-hydrogen) atoms. The maximum atomic E-state index is 12.8. The smallest absolute Gasteiger partial charge is 0.354 e. The van der Waals surface area contributed by atoms with Gasteiger partial charge in [-0.15, -0.1) is 0 Å². The minimum Gasteiger partial charge on any atom is -0.354 e. The number of piperazine rings is 1. The van der Waals surface area contributed by atoms with Crippen molar-refractivity contribution in [1.29, 1.82) is 0 Å². The molecule has 3 aromatic rings. The molecule has 0 aromatic carbocycles. The minimum absolute atomic E-state index is 0.200. The van der Waals surface area contributed by atoms with Gasteiger partial charge in [0.05, 0.1) is 23.0 Å². The highest BCUT2D eigenvalue weighted by Gasteiger charge is 2.31. The van der Waals surface area contributed by atoms with E-state index in [-0.39, 0.29) is 11.7 Å². The van der Waals surface area contributed by atoms with Crippen molar-refractivity contribution in [3.8, 4) is 5.82 Å². The normalized spacial score (nSPS) is 15.0. The molecule has 1 amide bonds. The number of hydrogen-bond acceptors (Lipinski definition) is 6. The summed E-state index contributed by atoms with van der Waals surface area (Å²) in [7, 11) is 2.09. The SMILES string of the molecule is Cc1c(C(=O)NCc2ccnc(N3CCN(C)CC3)c2)cnn1-c1ccc(C(F)(F)F)cn1. The third-order valence-electron chi connectivity index (χ3n) is 5.64. The predicted octanol–water partition coefficient (Wildman–Crippen LogP) is 2.67. The number of alkyl halides is 3. The Morgan fingerprint density at radius 3 is 2.48 bits per heavy atom. The fraction of sp³-hybridized carbons (Fsp3) is 0.364. The lowest BCUT2D eigenvalue weighted by Crippen LogP contribution is -2.44. The fourth-order valence-electron chi connectivity index (χ4n) is 3.60. The van der Waals surface area contributed by atoms with E-state index in [0.29, 0.717) is 17.8 Å². The molecule has 1 N–H and O–H groups in total. The van der Waals surface area contributed by atoms with Crippen molar-refractivity contribution in [3.63, 3.8) is 0 Å². The van der Waals surface area contributed by atoms with Crippen molar-refractivity contribution in [1.82, 2.24) is 30.0 Å². The molecule has 1 saturated heterocycles. The molecule has 3 aromatic heterocycles. The second-order valence-electron chi connectivity index (χ2n) is 7.95. The first-order chi connectivity index (χ1) is 15.7. The summed E-state index contributed by atoms with van der Waals surface area (Å²) in [6.07, 6.45) is -0.606. The van der Waals surface area contributed by atoms with E-state index >= 15 is 0 Å². The van der Waals surface area contributed by atoms with E-state index in [1.54, 1.807) is 13.1 Å². The van der Waals surface area contributed by atoms with Gasteiger partial charge in [-0.25, -0.2) is 14.6 Å². The maximum Gasteiger partial charge on any atom is 0.417 e. The molecule has 0 spiro atoms. The fourth-order valence-corrected chi connectivity index (χ4v) is 3.60. The number of halogens is 3. The third kappa shape index (κ3) is 5.14. The van der Waals surface area contributed by atoms with Crippen LogP contribution in [0.3, 0.4) is 0 Å². The number of hydrogen-bond donors (Lipinski definition) is 1. The third-order valence-corrected chi connectivity index (χ3v) is 5.64. The van der Waals surface area contributed by atoms with Crippen molar-refractivity contribution < 1.29 is 18.0 Å². The highest BCUT2D eigenvalue weighted by molar-refractivity contribution is 5.95. The van der Waals surface area contributed by atoms with Crippen molar-refractivity contribution in [2.45, 2.75) is 19.6 Å². The lowest BCUT2D eigenvalue weighted by atomic mass is 10.2. The monoisotopic (exact) mass is 459 g/mol. The zero-order valence-electron chi connectivity index (χ0n) is 18.3. The van der Waals surface area contributed by atoms with Gasteiger partial charge >= 0.3 is 6.18 Å². The number of pyridine rings is 2. The molecule has 0 unspecified atom stereocenters. The number of rotatable bonds is 5. The van der Waals surface area contributed by atoms with Crippen LogP contribution in [0.2, 0.25) is 0 Å². The van der Waals surface area contributed by atoms with Crippen LogP contribution in [0.15, 0.2) is 42.9 Å². The van der Waals surface area contributed by atoms with Crippen molar-refractivity contribution in [3.05, 3.63) is 65.2 Å². The van der Waals surface area contributed by atoms with Gasteiger partial charge in [0.1, 0.15) is 5.82 Å². The van der Waals surface area contributed by atoms with E-state index in [9.17, 15) is 18.0 Å². The van der Waals surface area contributed by atoms with Gasteiger partial charge in [0.25, 0.3) is 5.91 Å². The van der Waals surface area contributed by atoms with Crippen LogP contribution in [-0.4, -0.2) is 63.8 Å². The Bertz CT molecular complexity index is 1120. The molecule has 0 saturated carbocycles. The maximum absolute atomic E-state index is 12.8. The van der Waals surface area contributed by atoms with Gasteiger partial charge in [-0.05, 0) is 43.8 Å². The van der Waals surface area contributed by atoms with E-state index in [1.807, 2.05) is 12.1 Å². The zero-order valence-corrected chi connectivity index (χ0v) is 18.3. The molecule has 1 fully saturated rings. The number of aromatic nitrogens is 4. The summed E-state index contributed by atoms with van der Waals surface area (Å²) < 4.78 is 39.6. The van der Waals surface area contributed by atoms with Gasteiger partial charge in [-0.2, -0.15) is 18.3 Å². The van der Waals surface area contributed by atoms with Crippen LogP contribution in [0.25, 0.3) is 5.82 Å². The summed E-state index contributed by atoms with van der Waals surface area (Å²) in [5.41, 5.74) is 0.877.